The molecule has 0 fully saturated rings. The zero-order valence-corrected chi connectivity index (χ0v) is 18.7. The third-order valence-corrected chi connectivity index (χ3v) is 5.68. The number of carbonyl (C=O) groups excluding carboxylic acids is 2. The quantitative estimate of drug-likeness (QED) is 0.384. The SMILES string of the molecule is CN(C(=O)Nc1ccc2[nH+]c(-c3csc[nH+]3)[nH]c2c1)c1nnc(C(F)(F)F)s1.O=C([O-])C(F)(F)F. The van der Waals surface area contributed by atoms with E-state index in [0.717, 1.165) is 27.5 Å². The van der Waals surface area contributed by atoms with Gasteiger partial charge in [-0.15, -0.1) is 10.2 Å². The fourth-order valence-corrected chi connectivity index (χ4v) is 3.65. The van der Waals surface area contributed by atoms with E-state index in [0.29, 0.717) is 17.0 Å². The average Bonchev–Trinajstić information content (AvgIpc) is 3.52. The maximum Gasteiger partial charge on any atom is 0.445 e. The van der Waals surface area contributed by atoms with Gasteiger partial charge < -0.3 is 15.2 Å². The lowest BCUT2D eigenvalue weighted by atomic mass is 10.3. The summed E-state index contributed by atoms with van der Waals surface area (Å²) in [5.74, 6) is -2.22. The van der Waals surface area contributed by atoms with Crippen LogP contribution >= 0.6 is 22.7 Å². The molecule has 0 radical (unpaired) electrons. The van der Waals surface area contributed by atoms with Crippen LogP contribution < -0.4 is 25.3 Å². The van der Waals surface area contributed by atoms with Gasteiger partial charge in [0.2, 0.25) is 15.6 Å². The van der Waals surface area contributed by atoms with E-state index in [1.54, 1.807) is 18.2 Å². The van der Waals surface area contributed by atoms with Gasteiger partial charge in [-0.2, -0.15) is 31.3 Å². The molecule has 0 bridgehead atoms. The van der Waals surface area contributed by atoms with E-state index in [1.807, 2.05) is 10.9 Å². The van der Waals surface area contributed by atoms with Gasteiger partial charge in [0.25, 0.3) is 0 Å². The summed E-state index contributed by atoms with van der Waals surface area (Å²) in [6.07, 6.45) is -9.79. The third-order valence-electron chi connectivity index (χ3n) is 4.01. The topological polar surface area (TPSA) is 142 Å². The van der Waals surface area contributed by atoms with Crippen LogP contribution in [-0.2, 0) is 11.0 Å². The van der Waals surface area contributed by atoms with Crippen LogP contribution in [0, 0.1) is 0 Å². The number of alkyl halides is 6. The molecule has 0 aliphatic carbocycles. The van der Waals surface area contributed by atoms with Crippen LogP contribution in [-0.4, -0.2) is 40.4 Å². The van der Waals surface area contributed by atoms with Crippen LogP contribution in [0.2, 0.25) is 0 Å². The zero-order chi connectivity index (χ0) is 26.0. The van der Waals surface area contributed by atoms with Gasteiger partial charge in [-0.25, -0.2) is 14.8 Å². The number of carbonyl (C=O) groups is 2. The molecule has 0 atom stereocenters. The number of fused-ring (bicyclic) bond motifs is 1. The van der Waals surface area contributed by atoms with Crippen molar-refractivity contribution < 1.29 is 51.0 Å². The van der Waals surface area contributed by atoms with Gasteiger partial charge in [0, 0.05) is 18.8 Å². The Morgan fingerprint density at radius 1 is 1.17 bits per heavy atom. The van der Waals surface area contributed by atoms with E-state index in [-0.39, 0.29) is 5.13 Å². The van der Waals surface area contributed by atoms with Gasteiger partial charge >= 0.3 is 29.9 Å². The molecule has 1 aromatic carbocycles. The van der Waals surface area contributed by atoms with Crippen LogP contribution in [0.1, 0.15) is 5.01 Å². The Morgan fingerprint density at radius 3 is 2.40 bits per heavy atom. The van der Waals surface area contributed by atoms with E-state index < -0.39 is 29.4 Å². The number of anilines is 2. The molecule has 0 aliphatic rings. The number of carboxylic acid groups (broad SMARTS) is 1. The number of hydrogen-bond donors (Lipinski definition) is 2. The highest BCUT2D eigenvalue weighted by Crippen LogP contribution is 2.34. The molecule has 4 rings (SSSR count). The number of amides is 2. The molecule has 18 heteroatoms. The van der Waals surface area contributed by atoms with Crippen molar-refractivity contribution in [1.29, 1.82) is 0 Å². The minimum Gasteiger partial charge on any atom is -0.542 e. The van der Waals surface area contributed by atoms with Crippen LogP contribution in [0.25, 0.3) is 22.6 Å². The van der Waals surface area contributed by atoms with Crippen molar-refractivity contribution in [2.75, 3.05) is 17.3 Å². The van der Waals surface area contributed by atoms with Gasteiger partial charge in [0.1, 0.15) is 5.97 Å². The number of aliphatic carboxylic acids is 1. The van der Waals surface area contributed by atoms with E-state index >= 15 is 0 Å². The summed E-state index contributed by atoms with van der Waals surface area (Å²) in [5, 5.41) is 18.6. The molecule has 35 heavy (non-hydrogen) atoms. The Balaban J connectivity index is 0.000000429. The number of nitrogens with one attached hydrogen (secondary N) is 4. The monoisotopic (exact) mass is 540 g/mol. The van der Waals surface area contributed by atoms with Crippen molar-refractivity contribution in [3.63, 3.8) is 0 Å². The number of halogens is 6. The van der Waals surface area contributed by atoms with Crippen molar-refractivity contribution >= 4 is 56.5 Å². The number of aromatic amines is 3. The summed E-state index contributed by atoms with van der Waals surface area (Å²) in [5.41, 5.74) is 4.79. The lowest BCUT2D eigenvalue weighted by molar-refractivity contribution is -0.384. The predicted octanol–water partition coefficient (Wildman–Crippen LogP) is 2.36. The third kappa shape index (κ3) is 6.41. The normalized spacial score (nSPS) is 11.6. The highest BCUT2D eigenvalue weighted by Gasteiger charge is 2.36. The molecule has 3 aromatic heterocycles. The van der Waals surface area contributed by atoms with E-state index in [4.69, 9.17) is 9.90 Å². The molecule has 10 nitrogen and oxygen atoms in total. The number of rotatable bonds is 3. The lowest BCUT2D eigenvalue weighted by Gasteiger charge is -2.14. The van der Waals surface area contributed by atoms with E-state index in [9.17, 15) is 31.1 Å². The molecule has 2 amide bonds. The predicted molar refractivity (Wildman–Crippen MR) is 108 cm³/mol. The van der Waals surface area contributed by atoms with Crippen LogP contribution in [0.4, 0.5) is 42.0 Å². The second-order valence-electron chi connectivity index (χ2n) is 6.48. The minimum absolute atomic E-state index is 0.158. The van der Waals surface area contributed by atoms with Crippen LogP contribution in [0.3, 0.4) is 0 Å². The van der Waals surface area contributed by atoms with Crippen LogP contribution in [0.5, 0.6) is 0 Å². The van der Waals surface area contributed by atoms with Crippen molar-refractivity contribution in [3.8, 4) is 11.5 Å². The highest BCUT2D eigenvalue weighted by molar-refractivity contribution is 7.15. The maximum atomic E-state index is 12.6. The minimum atomic E-state index is -5.19. The zero-order valence-electron chi connectivity index (χ0n) is 17.0. The molecule has 186 valence electrons. The number of aromatic nitrogens is 5. The van der Waals surface area contributed by atoms with Gasteiger partial charge in [-0.1, -0.05) is 22.7 Å². The summed E-state index contributed by atoms with van der Waals surface area (Å²) in [4.78, 5) is 31.6. The number of urea groups is 1. The van der Waals surface area contributed by atoms with Gasteiger partial charge in [0.05, 0.1) is 5.38 Å². The summed E-state index contributed by atoms with van der Waals surface area (Å²) in [6, 6.07) is 4.55. The number of hydrogen-bond acceptors (Lipinski definition) is 7. The van der Waals surface area contributed by atoms with Crippen molar-refractivity contribution in [2.24, 2.45) is 0 Å². The summed E-state index contributed by atoms with van der Waals surface area (Å²) < 4.78 is 69.5. The first-order valence-corrected chi connectivity index (χ1v) is 10.7. The molecule has 4 aromatic rings. The first kappa shape index (κ1) is 25.8. The first-order chi connectivity index (χ1) is 16.3. The summed E-state index contributed by atoms with van der Waals surface area (Å²) in [6.45, 7) is 0. The lowest BCUT2D eigenvalue weighted by Crippen LogP contribution is -2.37. The Labute approximate surface area is 198 Å². The second kappa shape index (κ2) is 9.82. The van der Waals surface area contributed by atoms with Gasteiger partial charge in [0.15, 0.2) is 11.0 Å². The average molecular weight is 540 g/mol. The fourth-order valence-electron chi connectivity index (χ4n) is 2.39. The molecule has 0 saturated heterocycles. The van der Waals surface area contributed by atoms with Crippen molar-refractivity contribution in [2.45, 2.75) is 12.4 Å². The smallest absolute Gasteiger partial charge is 0.445 e. The molecule has 3 heterocycles. The molecule has 0 aliphatic heterocycles. The van der Waals surface area contributed by atoms with Crippen molar-refractivity contribution in [1.82, 2.24) is 15.2 Å². The van der Waals surface area contributed by atoms with E-state index in [2.05, 4.69) is 30.5 Å². The fraction of sp³-hybridized carbons (Fsp3) is 0.176. The second-order valence-corrected chi connectivity index (χ2v) is 8.18. The number of benzene rings is 1. The Kier molecular flexibility index (Phi) is 7.25. The number of nitrogens with zero attached hydrogens (tertiary/aromatic N) is 3. The molecular formula is C17H12F6N7O3S2+. The van der Waals surface area contributed by atoms with Crippen LogP contribution in [0.15, 0.2) is 29.1 Å². The Bertz CT molecular complexity index is 1330. The van der Waals surface area contributed by atoms with Gasteiger partial charge in [-0.3, -0.25) is 4.90 Å². The maximum absolute atomic E-state index is 12.6. The molecule has 0 unspecified atom stereocenters. The largest absolute Gasteiger partial charge is 0.542 e. The summed E-state index contributed by atoms with van der Waals surface area (Å²) in [7, 11) is 1.32. The molecule has 4 N–H and O–H groups in total. The molecule has 0 spiro atoms. The Morgan fingerprint density at radius 2 is 1.86 bits per heavy atom. The Hall–Kier alpha value is -3.80. The first-order valence-electron chi connectivity index (χ1n) is 8.98. The number of carboxylic acids is 1. The standard InChI is InChI=1S/C15H10F3N7OS2.C2HF3O2/c1-25(14-24-23-12(28-14)15(16,17)18)13(26)20-7-2-3-8-9(4-7)22-11(21-8)10-5-27-6-19-10;3-2(4,5)1(6)7/h2-6H,1H3,(H,20,26)(H,21,22);(H,6,7)/p+1. The number of thiazole rings is 1. The number of imidazole rings is 1. The summed E-state index contributed by atoms with van der Waals surface area (Å²) >= 11 is 1.82. The molecule has 0 saturated carbocycles. The van der Waals surface area contributed by atoms with Gasteiger partial charge in [-0.05, 0) is 12.1 Å². The van der Waals surface area contributed by atoms with Crippen molar-refractivity contribution in [3.05, 3.63) is 34.1 Å². The molecular weight excluding hydrogens is 528 g/mol. The number of H-pyrrole nitrogens is 3. The van der Waals surface area contributed by atoms with E-state index in [1.165, 1.54) is 18.4 Å². The highest BCUT2D eigenvalue weighted by atomic mass is 32.1.